The van der Waals surface area contributed by atoms with Gasteiger partial charge in [0, 0.05) is 19.8 Å². The second kappa shape index (κ2) is 21.6. The van der Waals surface area contributed by atoms with Crippen molar-refractivity contribution in [3.63, 3.8) is 0 Å². The summed E-state index contributed by atoms with van der Waals surface area (Å²) >= 11 is 0. The van der Waals surface area contributed by atoms with Crippen molar-refractivity contribution in [3.05, 3.63) is 11.6 Å². The summed E-state index contributed by atoms with van der Waals surface area (Å²) in [5, 5.41) is 64.1. The molecule has 18 heteroatoms. The maximum atomic E-state index is 11.5. The first-order valence-electron chi connectivity index (χ1n) is 15.1. The van der Waals surface area contributed by atoms with Crippen molar-refractivity contribution in [1.82, 2.24) is 10.6 Å². The van der Waals surface area contributed by atoms with Crippen molar-refractivity contribution >= 4 is 11.8 Å². The van der Waals surface area contributed by atoms with Gasteiger partial charge in [0.05, 0.1) is 72.7 Å². The molecule has 6 unspecified atom stereocenters. The first kappa shape index (κ1) is 40.0. The van der Waals surface area contributed by atoms with Gasteiger partial charge in [-0.25, -0.2) is 0 Å². The van der Waals surface area contributed by atoms with Crippen LogP contribution in [0.1, 0.15) is 20.8 Å². The maximum absolute atomic E-state index is 11.5. The van der Waals surface area contributed by atoms with Gasteiger partial charge < -0.3 is 79.2 Å². The zero-order valence-electron chi connectivity index (χ0n) is 26.4. The minimum Gasteiger partial charge on any atom is -0.462 e. The summed E-state index contributed by atoms with van der Waals surface area (Å²) in [4.78, 5) is 22.9. The van der Waals surface area contributed by atoms with E-state index < -0.39 is 74.0 Å². The van der Waals surface area contributed by atoms with E-state index in [2.05, 4.69) is 10.6 Å². The number of nitrogens with one attached hydrogen (secondary N) is 2. The van der Waals surface area contributed by atoms with E-state index in [9.17, 15) is 40.2 Å². The van der Waals surface area contributed by atoms with Crippen molar-refractivity contribution in [2.24, 2.45) is 5.92 Å². The minimum atomic E-state index is -1.50. The number of rotatable bonds is 22. The molecule has 2 aliphatic heterocycles. The van der Waals surface area contributed by atoms with Crippen LogP contribution in [-0.2, 0) is 47.5 Å². The van der Waals surface area contributed by atoms with Crippen molar-refractivity contribution in [2.75, 3.05) is 79.3 Å². The molecule has 268 valence electrons. The molecule has 2 aliphatic rings. The van der Waals surface area contributed by atoms with E-state index in [1.807, 2.05) is 6.92 Å². The lowest BCUT2D eigenvalue weighted by molar-refractivity contribution is -0.272. The largest absolute Gasteiger partial charge is 0.462 e. The highest BCUT2D eigenvalue weighted by Crippen LogP contribution is 2.24. The van der Waals surface area contributed by atoms with Crippen LogP contribution in [-0.4, -0.2) is 171 Å². The van der Waals surface area contributed by atoms with Crippen LogP contribution in [0, 0.1) is 5.92 Å². The molecule has 0 aliphatic carbocycles. The molecule has 1 fully saturated rings. The van der Waals surface area contributed by atoms with Crippen LogP contribution >= 0.6 is 0 Å². The second-order valence-electron chi connectivity index (χ2n) is 10.8. The maximum Gasteiger partial charge on any atom is 0.303 e. The highest BCUT2D eigenvalue weighted by molar-refractivity contribution is 5.75. The van der Waals surface area contributed by atoms with Gasteiger partial charge in [-0.05, 0) is 0 Å². The molecule has 1 saturated heterocycles. The Bertz CT molecular complexity index is 926. The minimum absolute atomic E-state index is 0.0151. The predicted molar refractivity (Wildman–Crippen MR) is 155 cm³/mol. The van der Waals surface area contributed by atoms with E-state index in [0.717, 1.165) is 0 Å². The summed E-state index contributed by atoms with van der Waals surface area (Å²) in [7, 11) is 0. The van der Waals surface area contributed by atoms with E-state index >= 15 is 0 Å². The van der Waals surface area contributed by atoms with E-state index in [1.54, 1.807) is 0 Å². The van der Waals surface area contributed by atoms with Gasteiger partial charge in [0.15, 0.2) is 12.4 Å². The fourth-order valence-electron chi connectivity index (χ4n) is 4.42. The Labute approximate surface area is 267 Å². The molecule has 0 saturated carbocycles. The third kappa shape index (κ3) is 13.5. The average Bonchev–Trinajstić information content (AvgIpc) is 3.01. The molecule has 8 N–H and O–H groups in total. The molecule has 46 heavy (non-hydrogen) atoms. The summed E-state index contributed by atoms with van der Waals surface area (Å²) in [6.07, 6.45) is -8.95. The van der Waals surface area contributed by atoms with Crippen molar-refractivity contribution < 1.29 is 78.1 Å². The lowest BCUT2D eigenvalue weighted by Gasteiger charge is -2.42. The lowest BCUT2D eigenvalue weighted by Crippen LogP contribution is -2.64. The van der Waals surface area contributed by atoms with E-state index in [-0.39, 0.29) is 50.6 Å². The van der Waals surface area contributed by atoms with Gasteiger partial charge in [-0.3, -0.25) is 9.59 Å². The number of aliphatic hydroxyl groups is 6. The Morgan fingerprint density at radius 1 is 0.761 bits per heavy atom. The van der Waals surface area contributed by atoms with Crippen LogP contribution in [0.15, 0.2) is 11.6 Å². The Morgan fingerprint density at radius 3 is 1.89 bits per heavy atom. The molecule has 0 radical (unpaired) electrons. The van der Waals surface area contributed by atoms with Crippen LogP contribution in [0.3, 0.4) is 0 Å². The van der Waals surface area contributed by atoms with Crippen molar-refractivity contribution in [2.45, 2.75) is 69.7 Å². The topological polar surface area (TPSA) is 253 Å². The normalized spacial score (nSPS) is 28.8. The summed E-state index contributed by atoms with van der Waals surface area (Å²) in [6, 6.07) is -1.01. The molecule has 2 amide bonds. The molecule has 0 bridgehead atoms. The lowest BCUT2D eigenvalue weighted by atomic mass is 9.97. The monoisotopic (exact) mass is 670 g/mol. The van der Waals surface area contributed by atoms with E-state index in [0.29, 0.717) is 33.0 Å². The average molecular weight is 671 g/mol. The second-order valence-corrected chi connectivity index (χ2v) is 10.8. The highest BCUT2D eigenvalue weighted by Gasteiger charge is 2.45. The van der Waals surface area contributed by atoms with E-state index in [4.69, 9.17) is 37.9 Å². The van der Waals surface area contributed by atoms with Gasteiger partial charge >= 0.3 is 5.95 Å². The Kier molecular flexibility index (Phi) is 18.8. The van der Waals surface area contributed by atoms with Gasteiger partial charge in [-0.15, -0.1) is 0 Å². The molecule has 2 rings (SSSR count). The molecule has 0 aromatic rings. The van der Waals surface area contributed by atoms with Crippen LogP contribution in [0.4, 0.5) is 0 Å². The number of hydrogen-bond acceptors (Lipinski definition) is 16. The Balaban J connectivity index is 1.50. The number of amides is 2. The Morgan fingerprint density at radius 2 is 1.33 bits per heavy atom. The number of carbonyl (C=O) groups is 2. The summed E-state index contributed by atoms with van der Waals surface area (Å²) in [5.41, 5.74) is -0.131. The smallest absolute Gasteiger partial charge is 0.303 e. The van der Waals surface area contributed by atoms with Gasteiger partial charge in [0.1, 0.15) is 48.9 Å². The standard InChI is InChI=1S/C28H50N2O16/c1-16(14-41-6-4-39-8-10-43-27-21(29-17(2)33)25(37)23(35)19(12-31)45-27)15-42-7-5-40-9-11-44-28-22(30-18(3)34)26(38)24(36)20(13-32)46-28/h16,19-21,23-27,31-32,35-38H,4-15H2,1-3H3,(H,29,33)(H,30,34)/t16?,19?,20?,21?,23-,24-,25?,26?,27+/m0/s1. The molecule has 0 aromatic heterocycles. The van der Waals surface area contributed by atoms with Gasteiger partial charge in [0.25, 0.3) is 0 Å². The first-order valence-corrected chi connectivity index (χ1v) is 15.1. The quantitative estimate of drug-likeness (QED) is 0.0512. The molecule has 2 heterocycles. The fraction of sp³-hybridized carbons (Fsp3) is 0.857. The van der Waals surface area contributed by atoms with Gasteiger partial charge in [0.2, 0.25) is 11.8 Å². The number of hydrogen-bond donors (Lipinski definition) is 8. The molecule has 9 atom stereocenters. The van der Waals surface area contributed by atoms with E-state index in [1.165, 1.54) is 13.8 Å². The molecule has 18 nitrogen and oxygen atoms in total. The zero-order chi connectivity index (χ0) is 34.1. The summed E-state index contributed by atoms with van der Waals surface area (Å²) in [5.74, 6) is -1.03. The zero-order valence-corrected chi connectivity index (χ0v) is 26.4. The predicted octanol–water partition coefficient (Wildman–Crippen LogP) is -3.92. The summed E-state index contributed by atoms with van der Waals surface area (Å²) < 4.78 is 44.0. The highest BCUT2D eigenvalue weighted by atomic mass is 16.7. The third-order valence-corrected chi connectivity index (χ3v) is 6.74. The van der Waals surface area contributed by atoms with Crippen LogP contribution in [0.2, 0.25) is 0 Å². The van der Waals surface area contributed by atoms with Crippen molar-refractivity contribution in [3.8, 4) is 0 Å². The number of ether oxygens (including phenoxy) is 8. The molecule has 0 aromatic carbocycles. The Hall–Kier alpha value is -2.20. The molecular formula is C28H50N2O16. The van der Waals surface area contributed by atoms with Crippen molar-refractivity contribution in [1.29, 1.82) is 0 Å². The van der Waals surface area contributed by atoms with Gasteiger partial charge in [-0.2, -0.15) is 0 Å². The summed E-state index contributed by atoms with van der Waals surface area (Å²) in [6.45, 7) is 5.86. The number of carbonyl (C=O) groups excluding carboxylic acids is 2. The SMILES string of the molecule is CC(=O)NC1=C(OCCOCCOCC(C)COCCOCCO[C@@H]2OC(CO)[C@H](O)C(O)C2NC(C)=O)OC(CO)[C@H](O)C1O. The third-order valence-electron chi connectivity index (χ3n) is 6.74. The van der Waals surface area contributed by atoms with Crippen LogP contribution < -0.4 is 10.6 Å². The number of aliphatic hydroxyl groups excluding tert-OH is 6. The van der Waals surface area contributed by atoms with Gasteiger partial charge in [-0.1, -0.05) is 6.92 Å². The molecular weight excluding hydrogens is 620 g/mol. The molecule has 0 spiro atoms. The van der Waals surface area contributed by atoms with Crippen LogP contribution in [0.5, 0.6) is 0 Å². The fourth-order valence-corrected chi connectivity index (χ4v) is 4.42. The van der Waals surface area contributed by atoms with Crippen LogP contribution in [0.25, 0.3) is 0 Å². The first-order chi connectivity index (χ1) is 22.0.